The Hall–Kier alpha value is -3.10. The lowest BCUT2D eigenvalue weighted by Gasteiger charge is -2.14. The third-order valence-corrected chi connectivity index (χ3v) is 3.93. The molecule has 0 bridgehead atoms. The normalized spacial score (nSPS) is 10.3. The number of anilines is 1. The molecule has 0 radical (unpaired) electrons. The van der Waals surface area contributed by atoms with E-state index in [1.807, 2.05) is 63.4 Å². The smallest absolute Gasteiger partial charge is 0.189 e. The Labute approximate surface area is 153 Å². The van der Waals surface area contributed by atoms with Crippen LogP contribution in [0.25, 0.3) is 22.0 Å². The van der Waals surface area contributed by atoms with E-state index < -0.39 is 0 Å². The first-order chi connectivity index (χ1) is 12.8. The molecule has 0 aliphatic carbocycles. The molecule has 0 fully saturated rings. The molecule has 1 heterocycles. The summed E-state index contributed by atoms with van der Waals surface area (Å²) in [5.41, 5.74) is 2.51. The summed E-state index contributed by atoms with van der Waals surface area (Å²) in [7, 11) is 1.84. The minimum Gasteiger partial charge on any atom is -0.467 e. The molecule has 0 saturated heterocycles. The van der Waals surface area contributed by atoms with Crippen LogP contribution in [0.4, 0.5) is 5.82 Å². The van der Waals surface area contributed by atoms with Crippen LogP contribution in [0.15, 0.2) is 42.5 Å². The maximum atomic E-state index is 5.85. The SMILES string of the molecule is CC#Cc1ccc(-c2nnc(NC)c3ccccc23)c(OCOCC)c1. The highest BCUT2D eigenvalue weighted by molar-refractivity contribution is 6.00. The fourth-order valence-corrected chi connectivity index (χ4v) is 2.74. The van der Waals surface area contributed by atoms with E-state index in [0.717, 1.165) is 33.4 Å². The lowest BCUT2D eigenvalue weighted by atomic mass is 10.0. The van der Waals surface area contributed by atoms with Crippen molar-refractivity contribution in [2.24, 2.45) is 0 Å². The molecule has 3 rings (SSSR count). The summed E-state index contributed by atoms with van der Waals surface area (Å²) in [6.07, 6.45) is 0. The molecule has 1 aromatic heterocycles. The topological polar surface area (TPSA) is 56.3 Å². The molecule has 0 saturated carbocycles. The molecule has 0 unspecified atom stereocenters. The first-order valence-corrected chi connectivity index (χ1v) is 8.49. The molecule has 0 aliphatic rings. The number of rotatable bonds is 6. The second-order valence-corrected chi connectivity index (χ2v) is 5.53. The summed E-state index contributed by atoms with van der Waals surface area (Å²) in [6, 6.07) is 13.9. The van der Waals surface area contributed by atoms with Crippen molar-refractivity contribution in [1.29, 1.82) is 0 Å². The summed E-state index contributed by atoms with van der Waals surface area (Å²) in [5.74, 6) is 7.39. The molecule has 0 amide bonds. The molecule has 1 N–H and O–H groups in total. The van der Waals surface area contributed by atoms with E-state index >= 15 is 0 Å². The monoisotopic (exact) mass is 347 g/mol. The van der Waals surface area contributed by atoms with Crippen LogP contribution in [0, 0.1) is 11.8 Å². The fraction of sp³-hybridized carbons (Fsp3) is 0.238. The number of benzene rings is 2. The van der Waals surface area contributed by atoms with Crippen molar-refractivity contribution in [3.63, 3.8) is 0 Å². The standard InChI is InChI=1S/C21H21N3O2/c1-4-8-15-11-12-18(19(13-15)26-14-25-5-2)20-16-9-6-7-10-17(16)21(22-3)24-23-20/h6-7,9-13H,5,14H2,1-3H3,(H,22,24). The highest BCUT2D eigenvalue weighted by atomic mass is 16.7. The van der Waals surface area contributed by atoms with Crippen LogP contribution >= 0.6 is 0 Å². The molecule has 3 aromatic rings. The average molecular weight is 347 g/mol. The van der Waals surface area contributed by atoms with Gasteiger partial charge in [-0.3, -0.25) is 0 Å². The molecule has 0 spiro atoms. The quantitative estimate of drug-likeness (QED) is 0.414. The van der Waals surface area contributed by atoms with Gasteiger partial charge >= 0.3 is 0 Å². The minimum absolute atomic E-state index is 0.173. The second-order valence-electron chi connectivity index (χ2n) is 5.53. The Morgan fingerprint density at radius 1 is 1.08 bits per heavy atom. The van der Waals surface area contributed by atoms with Crippen molar-refractivity contribution < 1.29 is 9.47 Å². The first-order valence-electron chi connectivity index (χ1n) is 8.49. The molecule has 132 valence electrons. The lowest BCUT2D eigenvalue weighted by molar-refractivity contribution is 0.0227. The van der Waals surface area contributed by atoms with Crippen LogP contribution in [0.3, 0.4) is 0 Å². The number of hydrogen-bond donors (Lipinski definition) is 1. The van der Waals surface area contributed by atoms with Crippen molar-refractivity contribution in [2.45, 2.75) is 13.8 Å². The van der Waals surface area contributed by atoms with Gasteiger partial charge in [0.15, 0.2) is 12.6 Å². The van der Waals surface area contributed by atoms with Gasteiger partial charge < -0.3 is 14.8 Å². The third-order valence-electron chi connectivity index (χ3n) is 3.93. The van der Waals surface area contributed by atoms with Gasteiger partial charge in [0.05, 0.1) is 0 Å². The minimum atomic E-state index is 0.173. The zero-order chi connectivity index (χ0) is 18.4. The average Bonchev–Trinajstić information content (AvgIpc) is 2.68. The van der Waals surface area contributed by atoms with Gasteiger partial charge in [-0.2, -0.15) is 0 Å². The summed E-state index contributed by atoms with van der Waals surface area (Å²) in [6.45, 7) is 4.50. The van der Waals surface area contributed by atoms with E-state index in [2.05, 4.69) is 27.4 Å². The summed E-state index contributed by atoms with van der Waals surface area (Å²) >= 11 is 0. The number of aromatic nitrogens is 2. The lowest BCUT2D eigenvalue weighted by Crippen LogP contribution is -2.04. The van der Waals surface area contributed by atoms with Crippen LogP contribution in [0.5, 0.6) is 5.75 Å². The van der Waals surface area contributed by atoms with Crippen molar-refractivity contribution in [2.75, 3.05) is 25.8 Å². The molecule has 0 atom stereocenters. The van der Waals surface area contributed by atoms with Crippen molar-refractivity contribution >= 4 is 16.6 Å². The van der Waals surface area contributed by atoms with Crippen molar-refractivity contribution in [3.05, 3.63) is 48.0 Å². The van der Waals surface area contributed by atoms with Gasteiger partial charge in [-0.15, -0.1) is 16.1 Å². The summed E-state index contributed by atoms with van der Waals surface area (Å²) < 4.78 is 11.2. The van der Waals surface area contributed by atoms with E-state index in [9.17, 15) is 0 Å². The van der Waals surface area contributed by atoms with Crippen molar-refractivity contribution in [1.82, 2.24) is 10.2 Å². The Bertz CT molecular complexity index is 974. The number of hydrogen-bond acceptors (Lipinski definition) is 5. The van der Waals surface area contributed by atoms with E-state index in [1.165, 1.54) is 0 Å². The molecule has 0 aliphatic heterocycles. The van der Waals surface area contributed by atoms with E-state index in [1.54, 1.807) is 0 Å². The van der Waals surface area contributed by atoms with E-state index in [-0.39, 0.29) is 6.79 Å². The maximum Gasteiger partial charge on any atom is 0.189 e. The second kappa shape index (κ2) is 8.32. The number of nitrogens with zero attached hydrogens (tertiary/aromatic N) is 2. The molecular formula is C21H21N3O2. The third kappa shape index (κ3) is 3.61. The molecule has 5 nitrogen and oxygen atoms in total. The summed E-state index contributed by atoms with van der Waals surface area (Å²) in [4.78, 5) is 0. The number of ether oxygens (including phenoxy) is 2. The Balaban J connectivity index is 2.16. The van der Waals surface area contributed by atoms with Gasteiger partial charge in [0.2, 0.25) is 0 Å². The van der Waals surface area contributed by atoms with Crippen molar-refractivity contribution in [3.8, 4) is 28.8 Å². The molecular weight excluding hydrogens is 326 g/mol. The van der Waals surface area contributed by atoms with Crippen LogP contribution in [-0.2, 0) is 4.74 Å². The van der Waals surface area contributed by atoms with Gasteiger partial charge in [0.1, 0.15) is 11.4 Å². The van der Waals surface area contributed by atoms with E-state index in [4.69, 9.17) is 9.47 Å². The maximum absolute atomic E-state index is 5.85. The van der Waals surface area contributed by atoms with Gasteiger partial charge in [0.25, 0.3) is 0 Å². The van der Waals surface area contributed by atoms with Crippen LogP contribution in [-0.4, -0.2) is 30.6 Å². The van der Waals surface area contributed by atoms with Crippen LogP contribution in [0.2, 0.25) is 0 Å². The highest BCUT2D eigenvalue weighted by Crippen LogP contribution is 2.35. The zero-order valence-electron chi connectivity index (χ0n) is 15.2. The predicted octanol–water partition coefficient (Wildman–Crippen LogP) is 4.08. The number of nitrogens with one attached hydrogen (secondary N) is 1. The Kier molecular flexibility index (Phi) is 5.67. The molecule has 26 heavy (non-hydrogen) atoms. The van der Waals surface area contributed by atoms with Gasteiger partial charge in [-0.25, -0.2) is 0 Å². The van der Waals surface area contributed by atoms with Gasteiger partial charge in [-0.1, -0.05) is 30.2 Å². The first kappa shape index (κ1) is 17.7. The zero-order valence-corrected chi connectivity index (χ0v) is 15.2. The van der Waals surface area contributed by atoms with Crippen LogP contribution in [0.1, 0.15) is 19.4 Å². The predicted molar refractivity (Wildman–Crippen MR) is 104 cm³/mol. The Morgan fingerprint density at radius 3 is 2.62 bits per heavy atom. The number of fused-ring (bicyclic) bond motifs is 1. The van der Waals surface area contributed by atoms with E-state index in [0.29, 0.717) is 12.4 Å². The molecule has 5 heteroatoms. The molecule has 2 aromatic carbocycles. The summed E-state index contributed by atoms with van der Waals surface area (Å²) in [5, 5.41) is 13.9. The van der Waals surface area contributed by atoms with Gasteiger partial charge in [-0.05, 0) is 32.0 Å². The Morgan fingerprint density at radius 2 is 1.88 bits per heavy atom. The largest absolute Gasteiger partial charge is 0.467 e. The van der Waals surface area contributed by atoms with Gasteiger partial charge in [0, 0.05) is 35.6 Å². The fourth-order valence-electron chi connectivity index (χ4n) is 2.74. The van der Waals surface area contributed by atoms with Crippen LogP contribution < -0.4 is 10.1 Å². The highest BCUT2D eigenvalue weighted by Gasteiger charge is 2.15.